The standard InChI is InChI=1S/C14H10Cl2N2O5S/c15-10-5-9(6-11(16)8-10)7-14(17)23-24(21,22)13-3-1-12(2-4-13)18(19)20/h1-6,8,17H,7H2. The van der Waals surface area contributed by atoms with Gasteiger partial charge in [0.05, 0.1) is 4.92 Å². The molecule has 0 atom stereocenters. The van der Waals surface area contributed by atoms with Crippen LogP contribution in [0.15, 0.2) is 47.4 Å². The zero-order valence-corrected chi connectivity index (χ0v) is 14.2. The fourth-order valence-corrected chi connectivity index (χ4v) is 3.30. The van der Waals surface area contributed by atoms with Gasteiger partial charge >= 0.3 is 10.1 Å². The Labute approximate surface area is 147 Å². The molecule has 0 radical (unpaired) electrons. The molecule has 0 saturated carbocycles. The molecule has 0 bridgehead atoms. The lowest BCUT2D eigenvalue weighted by Crippen LogP contribution is -2.14. The summed E-state index contributed by atoms with van der Waals surface area (Å²) < 4.78 is 28.8. The first-order valence-electron chi connectivity index (χ1n) is 6.39. The van der Waals surface area contributed by atoms with Gasteiger partial charge in [-0.05, 0) is 35.9 Å². The largest absolute Gasteiger partial charge is 0.363 e. The molecule has 0 heterocycles. The summed E-state index contributed by atoms with van der Waals surface area (Å²) in [6.45, 7) is 0. The minimum Gasteiger partial charge on any atom is -0.363 e. The van der Waals surface area contributed by atoms with Gasteiger partial charge in [0.15, 0.2) is 0 Å². The Morgan fingerprint density at radius 1 is 1.12 bits per heavy atom. The Kier molecular flexibility index (Phi) is 5.43. The van der Waals surface area contributed by atoms with E-state index in [1.54, 1.807) is 0 Å². The molecule has 0 aliphatic heterocycles. The van der Waals surface area contributed by atoms with Crippen molar-refractivity contribution in [2.24, 2.45) is 0 Å². The second kappa shape index (κ2) is 7.16. The van der Waals surface area contributed by atoms with E-state index in [2.05, 4.69) is 0 Å². The molecule has 1 N–H and O–H groups in total. The van der Waals surface area contributed by atoms with Gasteiger partial charge in [-0.25, -0.2) is 0 Å². The zero-order chi connectivity index (χ0) is 17.9. The highest BCUT2D eigenvalue weighted by Gasteiger charge is 2.20. The number of nitrogens with one attached hydrogen (secondary N) is 1. The highest BCUT2D eigenvalue weighted by Crippen LogP contribution is 2.21. The molecule has 0 fully saturated rings. The summed E-state index contributed by atoms with van der Waals surface area (Å²) in [7, 11) is -4.26. The van der Waals surface area contributed by atoms with Crippen molar-refractivity contribution in [3.63, 3.8) is 0 Å². The van der Waals surface area contributed by atoms with Gasteiger partial charge < -0.3 is 4.18 Å². The van der Waals surface area contributed by atoms with E-state index in [9.17, 15) is 18.5 Å². The Morgan fingerprint density at radius 3 is 2.17 bits per heavy atom. The third kappa shape index (κ3) is 4.67. The van der Waals surface area contributed by atoms with Crippen LogP contribution >= 0.6 is 23.2 Å². The van der Waals surface area contributed by atoms with Crippen molar-refractivity contribution in [2.45, 2.75) is 11.3 Å². The summed E-state index contributed by atoms with van der Waals surface area (Å²) in [5, 5.41) is 19.0. The Hall–Kier alpha value is -2.16. The van der Waals surface area contributed by atoms with Gasteiger partial charge in [-0.3, -0.25) is 15.5 Å². The summed E-state index contributed by atoms with van der Waals surface area (Å²) in [5.41, 5.74) is 0.258. The number of nitro benzene ring substituents is 1. The number of nitro groups is 1. The minimum atomic E-state index is -4.26. The first kappa shape index (κ1) is 18.2. The fourth-order valence-electron chi connectivity index (χ4n) is 1.84. The van der Waals surface area contributed by atoms with Crippen molar-refractivity contribution in [2.75, 3.05) is 0 Å². The van der Waals surface area contributed by atoms with Crippen LogP contribution in [-0.2, 0) is 20.7 Å². The molecule has 0 saturated heterocycles. The molecule has 2 aromatic carbocycles. The lowest BCUT2D eigenvalue weighted by atomic mass is 10.1. The van der Waals surface area contributed by atoms with Crippen LogP contribution in [0.4, 0.5) is 5.69 Å². The average Bonchev–Trinajstić information content (AvgIpc) is 2.45. The highest BCUT2D eigenvalue weighted by molar-refractivity contribution is 7.87. The van der Waals surface area contributed by atoms with Crippen LogP contribution in [-0.4, -0.2) is 19.2 Å². The topological polar surface area (TPSA) is 110 Å². The molecule has 24 heavy (non-hydrogen) atoms. The van der Waals surface area contributed by atoms with E-state index in [4.69, 9.17) is 32.8 Å². The molecule has 0 aliphatic rings. The molecule has 0 aliphatic carbocycles. The lowest BCUT2D eigenvalue weighted by Gasteiger charge is -2.08. The van der Waals surface area contributed by atoms with Crippen molar-refractivity contribution in [3.05, 3.63) is 68.2 Å². The van der Waals surface area contributed by atoms with Crippen molar-refractivity contribution in [1.29, 1.82) is 5.41 Å². The van der Waals surface area contributed by atoms with Crippen LogP contribution in [0.3, 0.4) is 0 Å². The average molecular weight is 389 g/mol. The summed E-state index contributed by atoms with van der Waals surface area (Å²) >= 11 is 11.7. The van der Waals surface area contributed by atoms with Crippen molar-refractivity contribution < 1.29 is 17.5 Å². The van der Waals surface area contributed by atoms with E-state index in [0.717, 1.165) is 24.3 Å². The number of rotatable bonds is 5. The van der Waals surface area contributed by atoms with E-state index in [1.165, 1.54) is 18.2 Å². The predicted molar refractivity (Wildman–Crippen MR) is 89.3 cm³/mol. The maximum atomic E-state index is 12.1. The summed E-state index contributed by atoms with van der Waals surface area (Å²) in [5.74, 6) is -0.535. The van der Waals surface area contributed by atoms with E-state index in [0.29, 0.717) is 15.6 Å². The van der Waals surface area contributed by atoms with Crippen molar-refractivity contribution in [1.82, 2.24) is 0 Å². The molecule has 10 heteroatoms. The lowest BCUT2D eigenvalue weighted by molar-refractivity contribution is -0.384. The SMILES string of the molecule is N=C(Cc1cc(Cl)cc(Cl)c1)OS(=O)(=O)c1ccc([N+](=O)[O-])cc1. The van der Waals surface area contributed by atoms with Gasteiger partial charge in [0.25, 0.3) is 5.69 Å². The first-order valence-corrected chi connectivity index (χ1v) is 8.55. The van der Waals surface area contributed by atoms with Crippen molar-refractivity contribution in [3.8, 4) is 0 Å². The molecular formula is C14H10Cl2N2O5S. The molecule has 0 aromatic heterocycles. The Morgan fingerprint density at radius 2 is 1.67 bits per heavy atom. The van der Waals surface area contributed by atoms with Crippen LogP contribution in [0.2, 0.25) is 10.0 Å². The monoisotopic (exact) mass is 388 g/mol. The minimum absolute atomic E-state index is 0.132. The van der Waals surface area contributed by atoms with Crippen LogP contribution < -0.4 is 0 Å². The van der Waals surface area contributed by atoms with Gasteiger partial charge in [-0.15, -0.1) is 0 Å². The third-order valence-corrected chi connectivity index (χ3v) is 4.54. The van der Waals surface area contributed by atoms with Gasteiger partial charge in [-0.2, -0.15) is 8.42 Å². The third-order valence-electron chi connectivity index (χ3n) is 2.83. The van der Waals surface area contributed by atoms with Crippen LogP contribution in [0, 0.1) is 15.5 Å². The predicted octanol–water partition coefficient (Wildman–Crippen LogP) is 3.83. The summed E-state index contributed by atoms with van der Waals surface area (Å²) in [4.78, 5) is 9.63. The number of hydrogen-bond donors (Lipinski definition) is 1. The zero-order valence-electron chi connectivity index (χ0n) is 11.9. The van der Waals surface area contributed by atoms with Gasteiger partial charge in [0.1, 0.15) is 4.90 Å². The van der Waals surface area contributed by atoms with Gasteiger partial charge in [0.2, 0.25) is 5.90 Å². The van der Waals surface area contributed by atoms with E-state index in [-0.39, 0.29) is 17.0 Å². The number of non-ortho nitro benzene ring substituents is 1. The fraction of sp³-hybridized carbons (Fsp3) is 0.0714. The molecule has 7 nitrogen and oxygen atoms in total. The number of halogens is 2. The Bertz CT molecular complexity index is 878. The maximum Gasteiger partial charge on any atom is 0.340 e. The molecule has 0 amide bonds. The molecule has 126 valence electrons. The number of nitrogens with zero attached hydrogens (tertiary/aromatic N) is 1. The van der Waals surface area contributed by atoms with E-state index in [1.807, 2.05) is 0 Å². The second-order valence-electron chi connectivity index (χ2n) is 4.67. The van der Waals surface area contributed by atoms with Crippen LogP contribution in [0.1, 0.15) is 5.56 Å². The number of benzene rings is 2. The van der Waals surface area contributed by atoms with E-state index < -0.39 is 20.9 Å². The molecule has 2 aromatic rings. The molecule has 0 unspecified atom stereocenters. The van der Waals surface area contributed by atoms with Crippen LogP contribution in [0.25, 0.3) is 0 Å². The Balaban J connectivity index is 2.13. The van der Waals surface area contributed by atoms with Crippen LogP contribution in [0.5, 0.6) is 0 Å². The van der Waals surface area contributed by atoms with E-state index >= 15 is 0 Å². The second-order valence-corrected chi connectivity index (χ2v) is 7.09. The molecule has 2 rings (SSSR count). The summed E-state index contributed by atoms with van der Waals surface area (Å²) in [6, 6.07) is 8.72. The van der Waals surface area contributed by atoms with Gasteiger partial charge in [-0.1, -0.05) is 23.2 Å². The van der Waals surface area contributed by atoms with Crippen molar-refractivity contribution >= 4 is 44.9 Å². The highest BCUT2D eigenvalue weighted by atomic mass is 35.5. The maximum absolute atomic E-state index is 12.1. The quantitative estimate of drug-likeness (QED) is 0.275. The molecule has 0 spiro atoms. The van der Waals surface area contributed by atoms with Gasteiger partial charge in [0, 0.05) is 28.6 Å². The first-order chi connectivity index (χ1) is 11.2. The smallest absolute Gasteiger partial charge is 0.340 e. The molecular weight excluding hydrogens is 379 g/mol. The normalized spacial score (nSPS) is 11.1. The number of hydrogen-bond acceptors (Lipinski definition) is 6. The summed E-state index contributed by atoms with van der Waals surface area (Å²) in [6.07, 6.45) is -0.132.